The Morgan fingerprint density at radius 1 is 1.21 bits per heavy atom. The van der Waals surface area contributed by atoms with E-state index >= 15 is 0 Å². The summed E-state index contributed by atoms with van der Waals surface area (Å²) in [6.07, 6.45) is 3.51. The maximum Gasteiger partial charge on any atom is 0.0468 e. The number of hydrogen-bond donors (Lipinski definition) is 0. The molecule has 1 aromatic rings. The topological polar surface area (TPSA) is 9.23 Å². The van der Waals surface area contributed by atoms with Gasteiger partial charge in [0.1, 0.15) is 0 Å². The highest BCUT2D eigenvalue weighted by atomic mass is 79.9. The first-order chi connectivity index (χ1) is 9.20. The highest BCUT2D eigenvalue weighted by molar-refractivity contribution is 9.09. The summed E-state index contributed by atoms with van der Waals surface area (Å²) in [7, 11) is 0. The fourth-order valence-electron chi connectivity index (χ4n) is 2.74. The lowest BCUT2D eigenvalue weighted by Gasteiger charge is -2.36. The fraction of sp³-hybridized carbons (Fsp3) is 0.600. The van der Waals surface area contributed by atoms with Crippen LogP contribution in [-0.4, -0.2) is 23.9 Å². The van der Waals surface area contributed by atoms with Crippen molar-refractivity contribution in [1.82, 2.24) is 0 Å². The molecule has 0 spiro atoms. The molecule has 0 amide bonds. The molecule has 0 bridgehead atoms. The molecule has 4 heteroatoms. The second kappa shape index (κ2) is 7.44. The Hall–Kier alpha value is 0.430. The standard InChI is InChI=1S/C15H19Br2ClO/c16-10-15(11-17,9-12-4-6-19-7-5-12)13-2-1-3-14(18)8-13/h1-3,8,12H,4-7,9-11H2. The summed E-state index contributed by atoms with van der Waals surface area (Å²) < 4.78 is 5.46. The predicted molar refractivity (Wildman–Crippen MR) is 88.9 cm³/mol. The Morgan fingerprint density at radius 3 is 2.47 bits per heavy atom. The average molecular weight is 411 g/mol. The second-order valence-electron chi connectivity index (χ2n) is 5.32. The molecule has 1 aliphatic rings. The zero-order valence-corrected chi connectivity index (χ0v) is 14.8. The molecule has 0 radical (unpaired) electrons. The molecule has 19 heavy (non-hydrogen) atoms. The van der Waals surface area contributed by atoms with Gasteiger partial charge in [-0.05, 0) is 42.9 Å². The van der Waals surface area contributed by atoms with Crippen LogP contribution in [0, 0.1) is 5.92 Å². The minimum absolute atomic E-state index is 0.118. The molecule has 1 nitrogen and oxygen atoms in total. The van der Waals surface area contributed by atoms with Gasteiger partial charge in [-0.15, -0.1) is 0 Å². The van der Waals surface area contributed by atoms with Gasteiger partial charge in [-0.25, -0.2) is 0 Å². The summed E-state index contributed by atoms with van der Waals surface area (Å²) in [4.78, 5) is 0. The van der Waals surface area contributed by atoms with E-state index in [1.807, 2.05) is 12.1 Å². The number of hydrogen-bond acceptors (Lipinski definition) is 1. The first kappa shape index (κ1) is 15.8. The zero-order chi connectivity index (χ0) is 13.7. The quantitative estimate of drug-likeness (QED) is 0.608. The van der Waals surface area contributed by atoms with Crippen molar-refractivity contribution in [3.8, 4) is 0 Å². The Bertz CT molecular complexity index is 401. The largest absolute Gasteiger partial charge is 0.381 e. The summed E-state index contributed by atoms with van der Waals surface area (Å²) in [5.41, 5.74) is 1.44. The van der Waals surface area contributed by atoms with Crippen LogP contribution in [0.4, 0.5) is 0 Å². The SMILES string of the molecule is Clc1cccc(C(CBr)(CBr)CC2CCOCC2)c1. The Morgan fingerprint density at radius 2 is 1.89 bits per heavy atom. The van der Waals surface area contributed by atoms with E-state index in [0.717, 1.165) is 34.8 Å². The molecular formula is C15H19Br2ClO. The molecule has 1 fully saturated rings. The van der Waals surface area contributed by atoms with E-state index in [1.54, 1.807) is 0 Å². The van der Waals surface area contributed by atoms with E-state index < -0.39 is 0 Å². The van der Waals surface area contributed by atoms with Crippen LogP contribution < -0.4 is 0 Å². The van der Waals surface area contributed by atoms with Gasteiger partial charge in [-0.2, -0.15) is 0 Å². The maximum absolute atomic E-state index is 6.16. The maximum atomic E-state index is 6.16. The van der Waals surface area contributed by atoms with Gasteiger partial charge in [0, 0.05) is 34.3 Å². The van der Waals surface area contributed by atoms with Gasteiger partial charge < -0.3 is 4.74 Å². The summed E-state index contributed by atoms with van der Waals surface area (Å²) >= 11 is 13.6. The minimum Gasteiger partial charge on any atom is -0.381 e. The van der Waals surface area contributed by atoms with Gasteiger partial charge >= 0.3 is 0 Å². The van der Waals surface area contributed by atoms with Crippen LogP contribution >= 0.6 is 43.5 Å². The summed E-state index contributed by atoms with van der Waals surface area (Å²) in [5, 5.41) is 2.71. The highest BCUT2D eigenvalue weighted by Crippen LogP contribution is 2.38. The molecule has 0 unspecified atom stereocenters. The van der Waals surface area contributed by atoms with E-state index in [0.29, 0.717) is 0 Å². The van der Waals surface area contributed by atoms with Crippen molar-refractivity contribution >= 4 is 43.5 Å². The molecule has 0 aliphatic carbocycles. The van der Waals surface area contributed by atoms with E-state index in [2.05, 4.69) is 44.0 Å². The predicted octanol–water partition coefficient (Wildman–Crippen LogP) is 5.18. The van der Waals surface area contributed by atoms with Gasteiger partial charge in [0.15, 0.2) is 0 Å². The Balaban J connectivity index is 2.20. The molecule has 1 saturated heterocycles. The highest BCUT2D eigenvalue weighted by Gasteiger charge is 2.33. The van der Waals surface area contributed by atoms with Crippen molar-refractivity contribution in [3.05, 3.63) is 34.9 Å². The number of halogens is 3. The first-order valence-corrected chi connectivity index (χ1v) is 9.28. The van der Waals surface area contributed by atoms with E-state index in [1.165, 1.54) is 24.8 Å². The molecule has 1 aliphatic heterocycles. The molecule has 106 valence electrons. The summed E-state index contributed by atoms with van der Waals surface area (Å²) in [6.45, 7) is 1.81. The monoisotopic (exact) mass is 408 g/mol. The smallest absolute Gasteiger partial charge is 0.0468 e. The molecule has 1 aromatic carbocycles. The van der Waals surface area contributed by atoms with Crippen LogP contribution in [0.5, 0.6) is 0 Å². The van der Waals surface area contributed by atoms with Crippen LogP contribution in [0.2, 0.25) is 5.02 Å². The summed E-state index contributed by atoms with van der Waals surface area (Å²) in [6, 6.07) is 8.27. The van der Waals surface area contributed by atoms with Crippen LogP contribution in [0.25, 0.3) is 0 Å². The minimum atomic E-state index is 0.118. The molecule has 0 saturated carbocycles. The fourth-order valence-corrected chi connectivity index (χ4v) is 4.96. The summed E-state index contributed by atoms with van der Waals surface area (Å²) in [5.74, 6) is 0.739. The lowest BCUT2D eigenvalue weighted by atomic mass is 9.75. The van der Waals surface area contributed by atoms with Gasteiger partial charge in [-0.3, -0.25) is 0 Å². The van der Waals surface area contributed by atoms with Crippen LogP contribution in [-0.2, 0) is 10.2 Å². The third-order valence-corrected chi connectivity index (χ3v) is 6.35. The van der Waals surface area contributed by atoms with E-state index in [-0.39, 0.29) is 5.41 Å². The number of rotatable bonds is 5. The number of benzene rings is 1. The van der Waals surface area contributed by atoms with Crippen molar-refractivity contribution in [3.63, 3.8) is 0 Å². The van der Waals surface area contributed by atoms with E-state index in [9.17, 15) is 0 Å². The lowest BCUT2D eigenvalue weighted by molar-refractivity contribution is 0.0584. The van der Waals surface area contributed by atoms with Crippen molar-refractivity contribution in [2.75, 3.05) is 23.9 Å². The first-order valence-electron chi connectivity index (χ1n) is 6.66. The third kappa shape index (κ3) is 3.96. The van der Waals surface area contributed by atoms with Crippen molar-refractivity contribution in [2.24, 2.45) is 5.92 Å². The number of ether oxygens (including phenoxy) is 1. The molecule has 0 atom stereocenters. The molecule has 1 heterocycles. The van der Waals surface area contributed by atoms with Gasteiger partial charge in [0.05, 0.1) is 0 Å². The normalized spacial score (nSPS) is 17.6. The number of alkyl halides is 2. The van der Waals surface area contributed by atoms with Gasteiger partial charge in [-0.1, -0.05) is 55.6 Å². The molecule has 0 N–H and O–H groups in total. The third-order valence-electron chi connectivity index (χ3n) is 3.97. The van der Waals surface area contributed by atoms with Crippen molar-refractivity contribution < 1.29 is 4.74 Å². The molecule has 0 aromatic heterocycles. The second-order valence-corrected chi connectivity index (χ2v) is 6.88. The van der Waals surface area contributed by atoms with Crippen LogP contribution in [0.1, 0.15) is 24.8 Å². The van der Waals surface area contributed by atoms with Crippen molar-refractivity contribution in [2.45, 2.75) is 24.7 Å². The average Bonchev–Trinajstić information content (AvgIpc) is 2.46. The van der Waals surface area contributed by atoms with Crippen molar-refractivity contribution in [1.29, 1.82) is 0 Å². The molecule has 2 rings (SSSR count). The van der Waals surface area contributed by atoms with Crippen LogP contribution in [0.3, 0.4) is 0 Å². The lowest BCUT2D eigenvalue weighted by Crippen LogP contribution is -2.34. The zero-order valence-electron chi connectivity index (χ0n) is 10.9. The van der Waals surface area contributed by atoms with E-state index in [4.69, 9.17) is 16.3 Å². The van der Waals surface area contributed by atoms with Gasteiger partial charge in [0.2, 0.25) is 0 Å². The Labute approximate surface area is 137 Å². The van der Waals surface area contributed by atoms with Gasteiger partial charge in [0.25, 0.3) is 0 Å². The van der Waals surface area contributed by atoms with Crippen LogP contribution in [0.15, 0.2) is 24.3 Å². The Kier molecular flexibility index (Phi) is 6.19. The molecular weight excluding hydrogens is 391 g/mol.